The SMILES string of the molecule is COc1ccc2c(c1)c(C(=O)Nc1cccc(C(C)=O)c1)cn2C(C)=O. The minimum atomic E-state index is -0.371. The van der Waals surface area contributed by atoms with E-state index in [1.807, 2.05) is 0 Å². The lowest BCUT2D eigenvalue weighted by Gasteiger charge is -2.06. The molecule has 0 unspecified atom stereocenters. The number of ketones is 1. The number of aromatic nitrogens is 1. The van der Waals surface area contributed by atoms with Gasteiger partial charge in [0.2, 0.25) is 5.91 Å². The molecule has 0 bridgehead atoms. The number of Topliss-reactive ketones (excluding diaryl/α,β-unsaturated/α-hetero) is 1. The van der Waals surface area contributed by atoms with Crippen molar-refractivity contribution in [2.75, 3.05) is 12.4 Å². The van der Waals surface area contributed by atoms with Gasteiger partial charge in [0.05, 0.1) is 18.2 Å². The second-order valence-corrected chi connectivity index (χ2v) is 5.91. The van der Waals surface area contributed by atoms with Gasteiger partial charge in [-0.3, -0.25) is 19.0 Å². The average molecular weight is 350 g/mol. The predicted octanol–water partition coefficient (Wildman–Crippen LogP) is 3.76. The quantitative estimate of drug-likeness (QED) is 0.727. The molecule has 0 spiro atoms. The third kappa shape index (κ3) is 3.21. The Morgan fingerprint density at radius 3 is 2.46 bits per heavy atom. The Labute approximate surface area is 150 Å². The van der Waals surface area contributed by atoms with Crippen molar-refractivity contribution in [3.8, 4) is 5.75 Å². The van der Waals surface area contributed by atoms with E-state index >= 15 is 0 Å². The summed E-state index contributed by atoms with van der Waals surface area (Å²) < 4.78 is 6.65. The highest BCUT2D eigenvalue weighted by Crippen LogP contribution is 2.27. The van der Waals surface area contributed by atoms with E-state index < -0.39 is 0 Å². The molecule has 1 heterocycles. The van der Waals surface area contributed by atoms with Crippen LogP contribution in [0, 0.1) is 0 Å². The number of carbonyl (C=O) groups is 3. The number of methoxy groups -OCH3 is 1. The maximum absolute atomic E-state index is 12.8. The Morgan fingerprint density at radius 1 is 1.04 bits per heavy atom. The first-order valence-corrected chi connectivity index (χ1v) is 8.03. The van der Waals surface area contributed by atoms with E-state index in [-0.39, 0.29) is 17.6 Å². The first-order valence-electron chi connectivity index (χ1n) is 8.03. The Bertz CT molecular complexity index is 1030. The first-order chi connectivity index (χ1) is 12.4. The fraction of sp³-hybridized carbons (Fsp3) is 0.150. The standard InChI is InChI=1S/C20H18N2O4/c1-12(23)14-5-4-6-15(9-14)21-20(25)18-11-22(13(2)24)19-8-7-16(26-3)10-17(18)19/h4-11H,1-3H3,(H,21,25). The molecule has 6 heteroatoms. The number of fused-ring (bicyclic) bond motifs is 1. The molecule has 0 aliphatic heterocycles. The van der Waals surface area contributed by atoms with E-state index in [4.69, 9.17) is 4.74 Å². The summed E-state index contributed by atoms with van der Waals surface area (Å²) in [4.78, 5) is 36.2. The number of ether oxygens (including phenoxy) is 1. The lowest BCUT2D eigenvalue weighted by atomic mass is 10.1. The van der Waals surface area contributed by atoms with E-state index in [9.17, 15) is 14.4 Å². The smallest absolute Gasteiger partial charge is 0.257 e. The number of amides is 1. The van der Waals surface area contributed by atoms with Gasteiger partial charge < -0.3 is 10.1 Å². The number of rotatable bonds is 4. The van der Waals surface area contributed by atoms with Crippen LogP contribution in [0.5, 0.6) is 5.75 Å². The maximum atomic E-state index is 12.8. The summed E-state index contributed by atoms with van der Waals surface area (Å²) in [5.74, 6) is -0.0628. The predicted molar refractivity (Wildman–Crippen MR) is 99.2 cm³/mol. The van der Waals surface area contributed by atoms with Crippen molar-refractivity contribution in [1.82, 2.24) is 4.57 Å². The van der Waals surface area contributed by atoms with E-state index in [1.54, 1.807) is 42.5 Å². The van der Waals surface area contributed by atoms with Crippen molar-refractivity contribution < 1.29 is 19.1 Å². The van der Waals surface area contributed by atoms with Crippen LogP contribution in [0.1, 0.15) is 39.4 Å². The third-order valence-electron chi connectivity index (χ3n) is 4.12. The summed E-state index contributed by atoms with van der Waals surface area (Å²) >= 11 is 0. The number of anilines is 1. The third-order valence-corrected chi connectivity index (χ3v) is 4.12. The number of carbonyl (C=O) groups excluding carboxylic acids is 3. The minimum absolute atomic E-state index is 0.0842. The summed E-state index contributed by atoms with van der Waals surface area (Å²) in [6.07, 6.45) is 1.51. The van der Waals surface area contributed by atoms with Crippen molar-refractivity contribution in [2.45, 2.75) is 13.8 Å². The van der Waals surface area contributed by atoms with Gasteiger partial charge in [-0.2, -0.15) is 0 Å². The van der Waals surface area contributed by atoms with Crippen molar-refractivity contribution in [2.24, 2.45) is 0 Å². The molecular formula is C20H18N2O4. The molecule has 1 amide bonds. The fourth-order valence-electron chi connectivity index (χ4n) is 2.79. The number of hydrogen-bond acceptors (Lipinski definition) is 4. The van der Waals surface area contributed by atoms with Gasteiger partial charge in [-0.15, -0.1) is 0 Å². The maximum Gasteiger partial charge on any atom is 0.257 e. The van der Waals surface area contributed by atoms with Gasteiger partial charge in [0.1, 0.15) is 5.75 Å². The van der Waals surface area contributed by atoms with Gasteiger partial charge in [0, 0.05) is 29.8 Å². The highest BCUT2D eigenvalue weighted by atomic mass is 16.5. The van der Waals surface area contributed by atoms with Crippen LogP contribution >= 0.6 is 0 Å². The molecule has 3 aromatic rings. The Morgan fingerprint density at radius 2 is 1.81 bits per heavy atom. The lowest BCUT2D eigenvalue weighted by molar-refractivity contribution is 0.0940. The summed E-state index contributed by atoms with van der Waals surface area (Å²) in [7, 11) is 1.54. The van der Waals surface area contributed by atoms with Crippen LogP contribution in [0.2, 0.25) is 0 Å². The largest absolute Gasteiger partial charge is 0.497 e. The zero-order valence-electron chi connectivity index (χ0n) is 14.7. The Balaban J connectivity index is 2.03. The van der Waals surface area contributed by atoms with Crippen LogP contribution < -0.4 is 10.1 Å². The molecule has 26 heavy (non-hydrogen) atoms. The van der Waals surface area contributed by atoms with E-state index in [0.29, 0.717) is 33.5 Å². The van der Waals surface area contributed by atoms with Gasteiger partial charge >= 0.3 is 0 Å². The molecule has 132 valence electrons. The van der Waals surface area contributed by atoms with Gasteiger partial charge in [-0.05, 0) is 37.3 Å². The molecule has 0 atom stereocenters. The van der Waals surface area contributed by atoms with E-state index in [1.165, 1.54) is 31.7 Å². The summed E-state index contributed by atoms with van der Waals surface area (Å²) in [6.45, 7) is 2.90. The average Bonchev–Trinajstić information content (AvgIpc) is 3.01. The number of hydrogen-bond donors (Lipinski definition) is 1. The number of benzene rings is 2. The topological polar surface area (TPSA) is 77.4 Å². The van der Waals surface area contributed by atoms with Gasteiger partial charge in [0.15, 0.2) is 5.78 Å². The van der Waals surface area contributed by atoms with Crippen LogP contribution in [0.3, 0.4) is 0 Å². The molecule has 0 fully saturated rings. The van der Waals surface area contributed by atoms with Crippen LogP contribution in [-0.4, -0.2) is 29.3 Å². The molecule has 6 nitrogen and oxygen atoms in total. The molecule has 0 saturated heterocycles. The van der Waals surface area contributed by atoms with Crippen molar-refractivity contribution in [3.05, 3.63) is 59.8 Å². The summed E-state index contributed by atoms with van der Waals surface area (Å²) in [6, 6.07) is 11.9. The monoisotopic (exact) mass is 350 g/mol. The summed E-state index contributed by atoms with van der Waals surface area (Å²) in [5.41, 5.74) is 1.99. The highest BCUT2D eigenvalue weighted by molar-refractivity contribution is 6.14. The van der Waals surface area contributed by atoms with Crippen LogP contribution in [0.25, 0.3) is 10.9 Å². The molecular weight excluding hydrogens is 332 g/mol. The lowest BCUT2D eigenvalue weighted by Crippen LogP contribution is -2.12. The fourth-order valence-corrected chi connectivity index (χ4v) is 2.79. The van der Waals surface area contributed by atoms with Crippen LogP contribution in [0.4, 0.5) is 5.69 Å². The molecule has 3 rings (SSSR count). The minimum Gasteiger partial charge on any atom is -0.497 e. The zero-order valence-corrected chi connectivity index (χ0v) is 14.7. The van der Waals surface area contributed by atoms with Gasteiger partial charge in [0.25, 0.3) is 5.91 Å². The molecule has 1 N–H and O–H groups in total. The van der Waals surface area contributed by atoms with Crippen LogP contribution in [0.15, 0.2) is 48.7 Å². The van der Waals surface area contributed by atoms with Gasteiger partial charge in [-0.1, -0.05) is 12.1 Å². The van der Waals surface area contributed by atoms with Crippen molar-refractivity contribution in [1.29, 1.82) is 0 Å². The van der Waals surface area contributed by atoms with E-state index in [0.717, 1.165) is 0 Å². The number of nitrogens with zero attached hydrogens (tertiary/aromatic N) is 1. The molecule has 1 aromatic heterocycles. The van der Waals surface area contributed by atoms with Crippen molar-refractivity contribution >= 4 is 34.2 Å². The molecule has 0 saturated carbocycles. The molecule has 2 aromatic carbocycles. The van der Waals surface area contributed by atoms with E-state index in [2.05, 4.69) is 5.32 Å². The van der Waals surface area contributed by atoms with Crippen molar-refractivity contribution in [3.63, 3.8) is 0 Å². The van der Waals surface area contributed by atoms with Gasteiger partial charge in [-0.25, -0.2) is 0 Å². The normalized spacial score (nSPS) is 10.6. The number of nitrogens with one attached hydrogen (secondary N) is 1. The highest BCUT2D eigenvalue weighted by Gasteiger charge is 2.18. The molecule has 0 radical (unpaired) electrons. The summed E-state index contributed by atoms with van der Waals surface area (Å²) in [5, 5.41) is 3.39. The zero-order chi connectivity index (χ0) is 18.8. The Kier molecular flexibility index (Phi) is 4.58. The second-order valence-electron chi connectivity index (χ2n) is 5.91. The molecule has 0 aliphatic rings. The second kappa shape index (κ2) is 6.84. The Hall–Kier alpha value is -3.41. The molecule has 0 aliphatic carbocycles. The van der Waals surface area contributed by atoms with Crippen LogP contribution in [-0.2, 0) is 0 Å². The first kappa shape index (κ1) is 17.4.